The van der Waals surface area contributed by atoms with Crippen LogP contribution in [0.25, 0.3) is 0 Å². The number of allylic oxidation sites excluding steroid dienone is 1. The van der Waals surface area contributed by atoms with Crippen molar-refractivity contribution in [2.45, 2.75) is 56.8 Å². The van der Waals surface area contributed by atoms with Crippen LogP contribution in [0.15, 0.2) is 41.7 Å². The number of aliphatic hydroxyl groups is 4. The van der Waals surface area contributed by atoms with Gasteiger partial charge in [0.05, 0.1) is 31.5 Å². The van der Waals surface area contributed by atoms with E-state index in [2.05, 4.69) is 0 Å². The number of aliphatic hydroxyl groups excluding tert-OH is 4. The monoisotopic (exact) mass is 526 g/mol. The number of rotatable bonds is 9. The standard InChI is InChI=1S/C24H30O13/c1-2-12-13(8-18(28)34-6-5-11-3-4-15(26)16(27)7-11)14(22(32)33)10-35-23(12)37-24-21(31)20(30)19(29)17(9-25)36-24/h2-4,7,10,13,17,19-21,23-27,29-31H,5-6,8-9H2,1H3,(H,32,33)/b12-2+/t13-,17-,19-,20+,21-,23-,24+/m0/s1. The average molecular weight is 526 g/mol. The molecule has 2 aliphatic heterocycles. The summed E-state index contributed by atoms with van der Waals surface area (Å²) in [6.07, 6.45) is -6.90. The highest BCUT2D eigenvalue weighted by atomic mass is 16.8. The number of esters is 1. The molecule has 7 N–H and O–H groups in total. The van der Waals surface area contributed by atoms with Gasteiger partial charge >= 0.3 is 11.9 Å². The van der Waals surface area contributed by atoms with Crippen LogP contribution in [-0.4, -0.2) is 97.9 Å². The van der Waals surface area contributed by atoms with Gasteiger partial charge in [-0.15, -0.1) is 0 Å². The highest BCUT2D eigenvalue weighted by Crippen LogP contribution is 2.36. The first kappa shape index (κ1) is 28.4. The van der Waals surface area contributed by atoms with Crippen LogP contribution in [0.5, 0.6) is 11.5 Å². The Morgan fingerprint density at radius 3 is 2.43 bits per heavy atom. The van der Waals surface area contributed by atoms with Gasteiger partial charge in [0.1, 0.15) is 24.4 Å². The summed E-state index contributed by atoms with van der Waals surface area (Å²) in [7, 11) is 0. The molecule has 1 aromatic rings. The number of aromatic hydroxyl groups is 2. The second-order valence-corrected chi connectivity index (χ2v) is 8.52. The highest BCUT2D eigenvalue weighted by Gasteiger charge is 2.46. The van der Waals surface area contributed by atoms with E-state index < -0.39 is 67.9 Å². The number of hydrogen-bond acceptors (Lipinski definition) is 12. The topological polar surface area (TPSA) is 213 Å². The number of carbonyl (C=O) groups is 2. The first-order chi connectivity index (χ1) is 17.6. The van der Waals surface area contributed by atoms with Gasteiger partial charge in [-0.25, -0.2) is 4.79 Å². The molecule has 0 radical (unpaired) electrons. The molecule has 0 unspecified atom stereocenters. The quantitative estimate of drug-likeness (QED) is 0.120. The molecule has 0 spiro atoms. The van der Waals surface area contributed by atoms with Crippen LogP contribution in [0, 0.1) is 5.92 Å². The van der Waals surface area contributed by atoms with Crippen molar-refractivity contribution in [2.24, 2.45) is 5.92 Å². The second-order valence-electron chi connectivity index (χ2n) is 8.52. The molecule has 0 aliphatic carbocycles. The number of carboxylic acids is 1. The molecule has 204 valence electrons. The summed E-state index contributed by atoms with van der Waals surface area (Å²) in [6, 6.07) is 4.17. The normalized spacial score (nSPS) is 30.9. The molecule has 0 amide bonds. The van der Waals surface area contributed by atoms with Gasteiger partial charge in [0.15, 0.2) is 17.8 Å². The average Bonchev–Trinajstić information content (AvgIpc) is 2.86. The van der Waals surface area contributed by atoms with Gasteiger partial charge in [-0.05, 0) is 24.6 Å². The maximum atomic E-state index is 12.6. The number of benzene rings is 1. The van der Waals surface area contributed by atoms with Gasteiger partial charge in [-0.1, -0.05) is 12.1 Å². The Kier molecular flexibility index (Phi) is 9.48. The molecule has 37 heavy (non-hydrogen) atoms. The van der Waals surface area contributed by atoms with Crippen LogP contribution < -0.4 is 0 Å². The number of phenols is 2. The lowest BCUT2D eigenvalue weighted by molar-refractivity contribution is -0.327. The number of aliphatic carboxylic acids is 1. The summed E-state index contributed by atoms with van der Waals surface area (Å²) in [5.74, 6) is -3.70. The van der Waals surface area contributed by atoms with Crippen molar-refractivity contribution < 1.29 is 64.3 Å². The largest absolute Gasteiger partial charge is 0.504 e. The number of carboxylic acid groups (broad SMARTS) is 1. The van der Waals surface area contributed by atoms with E-state index in [0.29, 0.717) is 5.56 Å². The Morgan fingerprint density at radius 1 is 1.08 bits per heavy atom. The molecule has 3 rings (SSSR count). The van der Waals surface area contributed by atoms with Gasteiger partial charge in [0.2, 0.25) is 6.29 Å². The fraction of sp³-hybridized carbons (Fsp3) is 0.500. The van der Waals surface area contributed by atoms with Crippen molar-refractivity contribution in [1.82, 2.24) is 0 Å². The first-order valence-corrected chi connectivity index (χ1v) is 11.4. The van der Waals surface area contributed by atoms with Gasteiger partial charge in [-0.3, -0.25) is 4.79 Å². The van der Waals surface area contributed by atoms with Gasteiger partial charge in [0, 0.05) is 17.9 Å². The van der Waals surface area contributed by atoms with Crippen LogP contribution in [-0.2, 0) is 35.0 Å². The van der Waals surface area contributed by atoms with E-state index in [4.69, 9.17) is 18.9 Å². The summed E-state index contributed by atoms with van der Waals surface area (Å²) in [5.41, 5.74) is 0.557. The lowest BCUT2D eigenvalue weighted by Gasteiger charge is -2.41. The molecule has 7 atom stereocenters. The minimum Gasteiger partial charge on any atom is -0.504 e. The molecule has 1 saturated heterocycles. The second kappa shape index (κ2) is 12.4. The predicted molar refractivity (Wildman–Crippen MR) is 122 cm³/mol. The summed E-state index contributed by atoms with van der Waals surface area (Å²) in [5, 5.41) is 68.1. The van der Waals surface area contributed by atoms with Crippen LogP contribution in [0.4, 0.5) is 0 Å². The third-order valence-corrected chi connectivity index (χ3v) is 6.12. The lowest BCUT2D eigenvalue weighted by atomic mass is 9.86. The van der Waals surface area contributed by atoms with Crippen molar-refractivity contribution in [1.29, 1.82) is 0 Å². The molecule has 0 bridgehead atoms. The highest BCUT2D eigenvalue weighted by molar-refractivity contribution is 5.89. The molecule has 2 aliphatic rings. The van der Waals surface area contributed by atoms with Crippen molar-refractivity contribution in [2.75, 3.05) is 13.2 Å². The predicted octanol–water partition coefficient (Wildman–Crippen LogP) is -0.723. The van der Waals surface area contributed by atoms with Crippen molar-refractivity contribution in [3.8, 4) is 11.5 Å². The smallest absolute Gasteiger partial charge is 0.335 e. The van der Waals surface area contributed by atoms with Crippen LogP contribution in [0.1, 0.15) is 18.9 Å². The van der Waals surface area contributed by atoms with Gasteiger partial charge in [0.25, 0.3) is 0 Å². The van der Waals surface area contributed by atoms with E-state index in [0.717, 1.165) is 6.26 Å². The molecular formula is C24H30O13. The fourth-order valence-corrected chi connectivity index (χ4v) is 4.05. The number of ether oxygens (including phenoxy) is 4. The van der Waals surface area contributed by atoms with E-state index in [-0.39, 0.29) is 35.7 Å². The molecule has 13 nitrogen and oxygen atoms in total. The Balaban J connectivity index is 1.68. The van der Waals surface area contributed by atoms with Crippen molar-refractivity contribution in [3.05, 3.63) is 47.2 Å². The van der Waals surface area contributed by atoms with E-state index in [1.165, 1.54) is 18.2 Å². The van der Waals surface area contributed by atoms with E-state index >= 15 is 0 Å². The van der Waals surface area contributed by atoms with E-state index in [1.54, 1.807) is 13.0 Å². The third-order valence-electron chi connectivity index (χ3n) is 6.12. The zero-order valence-electron chi connectivity index (χ0n) is 19.8. The van der Waals surface area contributed by atoms with Crippen molar-refractivity contribution in [3.63, 3.8) is 0 Å². The Bertz CT molecular complexity index is 1030. The zero-order valence-corrected chi connectivity index (χ0v) is 19.8. The van der Waals surface area contributed by atoms with E-state index in [1.807, 2.05) is 0 Å². The Morgan fingerprint density at radius 2 is 1.81 bits per heavy atom. The molecule has 1 aromatic carbocycles. The maximum absolute atomic E-state index is 12.6. The summed E-state index contributed by atoms with van der Waals surface area (Å²) in [6.45, 7) is 0.811. The molecule has 1 fully saturated rings. The Labute approximate surface area is 211 Å². The Hall–Kier alpha value is -3.20. The number of hydrogen-bond donors (Lipinski definition) is 7. The van der Waals surface area contributed by atoms with Crippen LogP contribution in [0.3, 0.4) is 0 Å². The van der Waals surface area contributed by atoms with Crippen LogP contribution in [0.2, 0.25) is 0 Å². The fourth-order valence-electron chi connectivity index (χ4n) is 4.05. The summed E-state index contributed by atoms with van der Waals surface area (Å²) in [4.78, 5) is 24.4. The number of phenolic OH excluding ortho intramolecular Hbond substituents is 2. The summed E-state index contributed by atoms with van der Waals surface area (Å²) >= 11 is 0. The SMILES string of the molecule is C/C=C1/[C@H](O[C@H]2O[C@@H](CO)[C@H](O)[C@@H](O)[C@@H]2O)OC=C(C(=O)O)[C@H]1CC(=O)OCCc1ccc(O)c(O)c1. The number of carbonyl (C=O) groups excluding carboxylic acids is 1. The van der Waals surface area contributed by atoms with Crippen LogP contribution >= 0.6 is 0 Å². The molecule has 13 heteroatoms. The first-order valence-electron chi connectivity index (χ1n) is 11.4. The van der Waals surface area contributed by atoms with Crippen molar-refractivity contribution >= 4 is 11.9 Å². The molecule has 0 aromatic heterocycles. The molecule has 2 heterocycles. The third kappa shape index (κ3) is 6.57. The van der Waals surface area contributed by atoms with Gasteiger partial charge < -0.3 is 54.7 Å². The van der Waals surface area contributed by atoms with Gasteiger partial charge in [-0.2, -0.15) is 0 Å². The lowest BCUT2D eigenvalue weighted by Crippen LogP contribution is -2.60. The molecule has 0 saturated carbocycles. The minimum atomic E-state index is -1.72. The zero-order chi connectivity index (χ0) is 27.3. The summed E-state index contributed by atoms with van der Waals surface area (Å²) < 4.78 is 21.6. The maximum Gasteiger partial charge on any atom is 0.335 e. The van der Waals surface area contributed by atoms with E-state index in [9.17, 15) is 45.3 Å². The molecular weight excluding hydrogens is 496 g/mol. The minimum absolute atomic E-state index is 0.0750.